The fourth-order valence-corrected chi connectivity index (χ4v) is 4.11. The molecule has 1 aliphatic rings. The summed E-state index contributed by atoms with van der Waals surface area (Å²) < 4.78 is 2.13. The van der Waals surface area contributed by atoms with Gasteiger partial charge in [0.25, 0.3) is 0 Å². The Bertz CT molecular complexity index is 868. The van der Waals surface area contributed by atoms with Crippen LogP contribution in [-0.4, -0.2) is 9.55 Å². The molecule has 0 saturated carbocycles. The molecule has 2 aromatic carbocycles. The van der Waals surface area contributed by atoms with Crippen molar-refractivity contribution in [2.75, 3.05) is 0 Å². The monoisotopic (exact) mass is 371 g/mol. The molecular formula is C20H19Cl2N3. The predicted molar refractivity (Wildman–Crippen MR) is 102 cm³/mol. The van der Waals surface area contributed by atoms with Gasteiger partial charge in [0.2, 0.25) is 0 Å². The summed E-state index contributed by atoms with van der Waals surface area (Å²) >= 11 is 12.2. The van der Waals surface area contributed by atoms with Crippen LogP contribution < -0.4 is 5.32 Å². The average molecular weight is 372 g/mol. The van der Waals surface area contributed by atoms with Crippen molar-refractivity contribution in [1.82, 2.24) is 14.9 Å². The Labute approximate surface area is 157 Å². The number of aromatic nitrogens is 2. The molecule has 3 aromatic rings. The van der Waals surface area contributed by atoms with Gasteiger partial charge < -0.3 is 9.88 Å². The molecule has 3 nitrogen and oxygen atoms in total. The van der Waals surface area contributed by atoms with Crippen LogP contribution in [0.2, 0.25) is 10.0 Å². The summed E-state index contributed by atoms with van der Waals surface area (Å²) in [6.07, 6.45) is 6.12. The summed E-state index contributed by atoms with van der Waals surface area (Å²) in [6, 6.07) is 14.7. The van der Waals surface area contributed by atoms with E-state index in [-0.39, 0.29) is 0 Å². The van der Waals surface area contributed by atoms with E-state index >= 15 is 0 Å². The van der Waals surface area contributed by atoms with Crippen molar-refractivity contribution in [2.24, 2.45) is 0 Å². The number of aryl methyl sites for hydroxylation is 1. The van der Waals surface area contributed by atoms with Gasteiger partial charge in [-0.05, 0) is 47.7 Å². The van der Waals surface area contributed by atoms with Gasteiger partial charge >= 0.3 is 0 Å². The molecule has 25 heavy (non-hydrogen) atoms. The minimum Gasteiger partial charge on any atom is -0.329 e. The summed E-state index contributed by atoms with van der Waals surface area (Å²) in [5, 5.41) is 4.97. The van der Waals surface area contributed by atoms with E-state index in [0.717, 1.165) is 30.8 Å². The van der Waals surface area contributed by atoms with Gasteiger partial charge in [-0.3, -0.25) is 0 Å². The minimum atomic E-state index is 0.405. The maximum Gasteiger partial charge on any atom is 0.122 e. The largest absolute Gasteiger partial charge is 0.329 e. The quantitative estimate of drug-likeness (QED) is 0.682. The number of imidazole rings is 1. The summed E-state index contributed by atoms with van der Waals surface area (Å²) in [5.74, 6) is 1.01. The molecule has 0 bridgehead atoms. The van der Waals surface area contributed by atoms with Crippen LogP contribution in [0.4, 0.5) is 0 Å². The van der Waals surface area contributed by atoms with Crippen molar-refractivity contribution >= 4 is 23.2 Å². The van der Waals surface area contributed by atoms with E-state index in [4.69, 9.17) is 23.2 Å². The first-order chi connectivity index (χ1) is 12.2. The maximum absolute atomic E-state index is 6.10. The topological polar surface area (TPSA) is 29.9 Å². The van der Waals surface area contributed by atoms with E-state index in [0.29, 0.717) is 22.6 Å². The maximum atomic E-state index is 6.10. The van der Waals surface area contributed by atoms with Crippen molar-refractivity contribution in [3.8, 4) is 0 Å². The van der Waals surface area contributed by atoms with Crippen molar-refractivity contribution in [3.63, 3.8) is 0 Å². The third kappa shape index (κ3) is 3.74. The van der Waals surface area contributed by atoms with E-state index in [9.17, 15) is 0 Å². The number of hydrogen-bond donors (Lipinski definition) is 1. The highest BCUT2D eigenvalue weighted by Crippen LogP contribution is 2.30. The Hall–Kier alpha value is -1.81. The summed E-state index contributed by atoms with van der Waals surface area (Å²) in [7, 11) is 0. The molecule has 1 aliphatic carbocycles. The van der Waals surface area contributed by atoms with Gasteiger partial charge in [0, 0.05) is 35.0 Å². The molecule has 0 fully saturated rings. The smallest absolute Gasteiger partial charge is 0.122 e. The zero-order valence-electron chi connectivity index (χ0n) is 13.8. The number of nitrogens with zero attached hydrogens (tertiary/aromatic N) is 2. The molecule has 5 heteroatoms. The number of benzene rings is 2. The molecule has 0 radical (unpaired) electrons. The van der Waals surface area contributed by atoms with Crippen molar-refractivity contribution in [1.29, 1.82) is 0 Å². The molecule has 1 atom stereocenters. The molecule has 1 heterocycles. The Morgan fingerprint density at radius 2 is 1.92 bits per heavy atom. The Kier molecular flexibility index (Phi) is 4.80. The zero-order valence-corrected chi connectivity index (χ0v) is 15.3. The second-order valence-corrected chi connectivity index (χ2v) is 7.29. The van der Waals surface area contributed by atoms with Crippen LogP contribution in [0.25, 0.3) is 0 Å². The van der Waals surface area contributed by atoms with Crippen molar-refractivity contribution in [2.45, 2.75) is 32.0 Å². The van der Waals surface area contributed by atoms with Crippen LogP contribution in [-0.2, 0) is 19.5 Å². The Morgan fingerprint density at radius 1 is 1.12 bits per heavy atom. The van der Waals surface area contributed by atoms with Crippen LogP contribution in [0.3, 0.4) is 0 Å². The predicted octanol–water partition coefficient (Wildman–Crippen LogP) is 5.02. The molecule has 1 N–H and O–H groups in total. The van der Waals surface area contributed by atoms with Crippen LogP contribution in [0.15, 0.2) is 54.9 Å². The third-order valence-electron chi connectivity index (χ3n) is 4.72. The molecule has 0 aliphatic heterocycles. The van der Waals surface area contributed by atoms with Gasteiger partial charge in [0.05, 0.1) is 6.54 Å². The summed E-state index contributed by atoms with van der Waals surface area (Å²) in [6.45, 7) is 1.44. The molecule has 128 valence electrons. The van der Waals surface area contributed by atoms with E-state index in [1.165, 1.54) is 11.1 Å². The minimum absolute atomic E-state index is 0.405. The highest BCUT2D eigenvalue weighted by Gasteiger charge is 2.21. The lowest BCUT2D eigenvalue weighted by Gasteiger charge is -2.15. The number of nitrogens with one attached hydrogen (secondary N) is 1. The highest BCUT2D eigenvalue weighted by molar-refractivity contribution is 6.34. The lowest BCUT2D eigenvalue weighted by Crippen LogP contribution is -2.21. The first-order valence-electron chi connectivity index (χ1n) is 8.45. The molecular weight excluding hydrogens is 353 g/mol. The number of rotatable bonds is 5. The summed E-state index contributed by atoms with van der Waals surface area (Å²) in [4.78, 5) is 4.51. The van der Waals surface area contributed by atoms with E-state index in [1.54, 1.807) is 6.07 Å². The van der Waals surface area contributed by atoms with Crippen molar-refractivity contribution < 1.29 is 0 Å². The molecule has 0 amide bonds. The van der Waals surface area contributed by atoms with Gasteiger partial charge in [0.15, 0.2) is 0 Å². The molecule has 0 saturated heterocycles. The lowest BCUT2D eigenvalue weighted by atomic mass is 10.1. The SMILES string of the molecule is Clc1cc(Cl)cc(Cn2ccnc2CNC2CCc3ccccc32)c1. The van der Waals surface area contributed by atoms with Gasteiger partial charge in [-0.1, -0.05) is 47.5 Å². The van der Waals surface area contributed by atoms with Crippen molar-refractivity contribution in [3.05, 3.63) is 87.4 Å². The van der Waals surface area contributed by atoms with Gasteiger partial charge in [0.1, 0.15) is 5.82 Å². The molecule has 1 unspecified atom stereocenters. The van der Waals surface area contributed by atoms with E-state index in [1.807, 2.05) is 24.5 Å². The normalized spacial score (nSPS) is 16.2. The van der Waals surface area contributed by atoms with Crippen LogP contribution in [0.1, 0.15) is 35.0 Å². The summed E-state index contributed by atoms with van der Waals surface area (Å²) in [5.41, 5.74) is 3.95. The molecule has 0 spiro atoms. The average Bonchev–Trinajstić information content (AvgIpc) is 3.19. The second kappa shape index (κ2) is 7.20. The van der Waals surface area contributed by atoms with Crippen LogP contribution in [0, 0.1) is 0 Å². The lowest BCUT2D eigenvalue weighted by molar-refractivity contribution is 0.508. The van der Waals surface area contributed by atoms with Crippen LogP contribution >= 0.6 is 23.2 Å². The third-order valence-corrected chi connectivity index (χ3v) is 5.15. The second-order valence-electron chi connectivity index (χ2n) is 6.42. The van der Waals surface area contributed by atoms with Crippen LogP contribution in [0.5, 0.6) is 0 Å². The van der Waals surface area contributed by atoms with Gasteiger partial charge in [-0.15, -0.1) is 0 Å². The Balaban J connectivity index is 1.45. The molecule has 4 rings (SSSR count). The highest BCUT2D eigenvalue weighted by atomic mass is 35.5. The first-order valence-corrected chi connectivity index (χ1v) is 9.21. The van der Waals surface area contributed by atoms with E-state index < -0.39 is 0 Å². The zero-order chi connectivity index (χ0) is 17.2. The first kappa shape index (κ1) is 16.6. The van der Waals surface area contributed by atoms with Gasteiger partial charge in [-0.25, -0.2) is 4.98 Å². The fraction of sp³-hybridized carbons (Fsp3) is 0.250. The number of fused-ring (bicyclic) bond motifs is 1. The fourth-order valence-electron chi connectivity index (χ4n) is 3.53. The Morgan fingerprint density at radius 3 is 2.76 bits per heavy atom. The number of hydrogen-bond acceptors (Lipinski definition) is 2. The standard InChI is InChI=1S/C20H19Cl2N3/c21-16-9-14(10-17(22)11-16)13-25-8-7-23-20(25)12-24-19-6-5-15-3-1-2-4-18(15)19/h1-4,7-11,19,24H,5-6,12-13H2. The van der Waals surface area contributed by atoms with Gasteiger partial charge in [-0.2, -0.15) is 0 Å². The molecule has 1 aromatic heterocycles. The van der Waals surface area contributed by atoms with E-state index in [2.05, 4.69) is 39.1 Å². The number of halogens is 2.